The zero-order valence-electron chi connectivity index (χ0n) is 10.1. The molecule has 0 radical (unpaired) electrons. The molecule has 3 rings (SSSR count). The maximum absolute atomic E-state index is 11.4. The number of aromatic amines is 1. The molecule has 1 fully saturated rings. The maximum Gasteiger partial charge on any atom is 0.349 e. The Morgan fingerprint density at radius 3 is 3.28 bits per heavy atom. The number of fused-ring (bicyclic) bond motifs is 1. The van der Waals surface area contributed by atoms with E-state index in [1.165, 1.54) is 10.8 Å². The van der Waals surface area contributed by atoms with Gasteiger partial charge in [-0.05, 0) is 26.3 Å². The van der Waals surface area contributed by atoms with Crippen LogP contribution in [-0.2, 0) is 0 Å². The van der Waals surface area contributed by atoms with Crippen molar-refractivity contribution in [2.45, 2.75) is 25.8 Å². The second kappa shape index (κ2) is 4.41. The van der Waals surface area contributed by atoms with E-state index in [0.717, 1.165) is 13.0 Å². The van der Waals surface area contributed by atoms with E-state index < -0.39 is 0 Å². The monoisotopic (exact) mass is 249 g/mol. The molecule has 3 heterocycles. The Hall–Kier alpha value is -1.89. The first-order valence-corrected chi connectivity index (χ1v) is 6.05. The van der Waals surface area contributed by atoms with Crippen LogP contribution in [0.1, 0.15) is 18.7 Å². The number of aromatic nitrogens is 4. The summed E-state index contributed by atoms with van der Waals surface area (Å²) in [5.74, 6) is 1.08. The van der Waals surface area contributed by atoms with Gasteiger partial charge in [0.2, 0.25) is 5.88 Å². The lowest BCUT2D eigenvalue weighted by atomic mass is 10.2. The lowest BCUT2D eigenvalue weighted by Crippen LogP contribution is -2.28. The Balaban J connectivity index is 1.81. The number of hydrogen-bond acceptors (Lipinski definition) is 5. The molecule has 0 aromatic carbocycles. The number of hydrogen-bond donors (Lipinski definition) is 2. The summed E-state index contributed by atoms with van der Waals surface area (Å²) in [5.41, 5.74) is 0.251. The highest BCUT2D eigenvalue weighted by Crippen LogP contribution is 2.12. The van der Waals surface area contributed by atoms with E-state index in [0.29, 0.717) is 30.0 Å². The third kappa shape index (κ3) is 1.97. The van der Waals surface area contributed by atoms with Gasteiger partial charge in [0.15, 0.2) is 5.65 Å². The summed E-state index contributed by atoms with van der Waals surface area (Å²) in [6.45, 7) is 3.40. The Labute approximate surface area is 103 Å². The molecule has 0 spiro atoms. The first-order valence-electron chi connectivity index (χ1n) is 6.05. The zero-order valence-corrected chi connectivity index (χ0v) is 10.1. The predicted molar refractivity (Wildman–Crippen MR) is 64.9 cm³/mol. The quantitative estimate of drug-likeness (QED) is 0.790. The normalized spacial score (nSPS) is 19.5. The van der Waals surface area contributed by atoms with Crippen molar-refractivity contribution < 1.29 is 4.74 Å². The van der Waals surface area contributed by atoms with Crippen LogP contribution in [0.3, 0.4) is 0 Å². The van der Waals surface area contributed by atoms with Crippen molar-refractivity contribution in [2.75, 3.05) is 13.2 Å². The summed E-state index contributed by atoms with van der Waals surface area (Å²) in [7, 11) is 0. The molecule has 7 heteroatoms. The van der Waals surface area contributed by atoms with Crippen molar-refractivity contribution in [3.05, 3.63) is 22.4 Å². The number of nitrogens with one attached hydrogen (secondary N) is 2. The number of nitrogens with zero attached hydrogens (tertiary/aromatic N) is 3. The molecule has 0 saturated carbocycles. The van der Waals surface area contributed by atoms with Crippen molar-refractivity contribution in [2.24, 2.45) is 0 Å². The average Bonchev–Trinajstić information content (AvgIpc) is 2.97. The van der Waals surface area contributed by atoms with Gasteiger partial charge in [0.1, 0.15) is 12.4 Å². The van der Waals surface area contributed by atoms with E-state index in [2.05, 4.69) is 20.5 Å². The first-order chi connectivity index (χ1) is 8.74. The van der Waals surface area contributed by atoms with Crippen LogP contribution in [0.5, 0.6) is 5.88 Å². The third-order valence-electron chi connectivity index (χ3n) is 3.14. The van der Waals surface area contributed by atoms with Gasteiger partial charge < -0.3 is 10.1 Å². The first kappa shape index (κ1) is 11.2. The molecule has 18 heavy (non-hydrogen) atoms. The molecule has 0 bridgehead atoms. The standard InChI is InChI=1S/C11H15N5O2/c1-7-13-10(18-6-8-3-2-4-12-8)5-9-14-15-11(17)16(7)9/h5,8,12H,2-4,6H2,1H3,(H,15,17). The fourth-order valence-electron chi connectivity index (χ4n) is 2.23. The van der Waals surface area contributed by atoms with Gasteiger partial charge in [-0.3, -0.25) is 0 Å². The lowest BCUT2D eigenvalue weighted by molar-refractivity contribution is 0.266. The van der Waals surface area contributed by atoms with Crippen LogP contribution >= 0.6 is 0 Å². The molecule has 1 unspecified atom stereocenters. The number of H-pyrrole nitrogens is 1. The molecule has 0 aliphatic carbocycles. The van der Waals surface area contributed by atoms with Gasteiger partial charge in [-0.25, -0.2) is 14.3 Å². The van der Waals surface area contributed by atoms with Gasteiger partial charge in [0, 0.05) is 12.1 Å². The second-order valence-corrected chi connectivity index (χ2v) is 4.47. The minimum absolute atomic E-state index is 0.279. The highest BCUT2D eigenvalue weighted by atomic mass is 16.5. The van der Waals surface area contributed by atoms with Gasteiger partial charge >= 0.3 is 5.69 Å². The smallest absolute Gasteiger partial charge is 0.349 e. The molecule has 2 aromatic rings. The van der Waals surface area contributed by atoms with E-state index in [1.807, 2.05) is 0 Å². The summed E-state index contributed by atoms with van der Waals surface area (Å²) in [6, 6.07) is 2.06. The minimum atomic E-state index is -0.279. The average molecular weight is 249 g/mol. The minimum Gasteiger partial charge on any atom is -0.476 e. The SMILES string of the molecule is Cc1nc(OCC2CCCN2)cc2n[nH]c(=O)n12. The fraction of sp³-hybridized carbons (Fsp3) is 0.545. The van der Waals surface area contributed by atoms with Crippen molar-refractivity contribution >= 4 is 5.65 Å². The Morgan fingerprint density at radius 2 is 2.50 bits per heavy atom. The van der Waals surface area contributed by atoms with E-state index >= 15 is 0 Å². The molecule has 1 aliphatic heterocycles. The summed E-state index contributed by atoms with van der Waals surface area (Å²) >= 11 is 0. The molecular formula is C11H15N5O2. The van der Waals surface area contributed by atoms with Crippen molar-refractivity contribution in [1.82, 2.24) is 24.9 Å². The molecule has 1 aliphatic rings. The molecule has 1 saturated heterocycles. The van der Waals surface area contributed by atoms with E-state index in [9.17, 15) is 4.79 Å². The summed E-state index contributed by atoms with van der Waals surface area (Å²) in [4.78, 5) is 15.7. The van der Waals surface area contributed by atoms with Crippen LogP contribution in [0.2, 0.25) is 0 Å². The molecule has 0 amide bonds. The molecule has 96 valence electrons. The van der Waals surface area contributed by atoms with Gasteiger partial charge in [-0.2, -0.15) is 10.1 Å². The van der Waals surface area contributed by atoms with Gasteiger partial charge in [0.25, 0.3) is 0 Å². The summed E-state index contributed by atoms with van der Waals surface area (Å²) < 4.78 is 7.06. The third-order valence-corrected chi connectivity index (χ3v) is 3.14. The Morgan fingerprint density at radius 1 is 1.61 bits per heavy atom. The van der Waals surface area contributed by atoms with Crippen molar-refractivity contribution in [3.8, 4) is 5.88 Å². The molecule has 2 N–H and O–H groups in total. The molecule has 1 atom stereocenters. The number of aryl methyl sites for hydroxylation is 1. The van der Waals surface area contributed by atoms with Gasteiger partial charge in [0.05, 0.1) is 0 Å². The molecule has 2 aromatic heterocycles. The van der Waals surface area contributed by atoms with Crippen molar-refractivity contribution in [1.29, 1.82) is 0 Å². The topological polar surface area (TPSA) is 84.3 Å². The number of rotatable bonds is 3. The van der Waals surface area contributed by atoms with Crippen LogP contribution in [0.15, 0.2) is 10.9 Å². The Kier molecular flexibility index (Phi) is 2.75. The van der Waals surface area contributed by atoms with Crippen LogP contribution in [0, 0.1) is 6.92 Å². The van der Waals surface area contributed by atoms with E-state index in [1.54, 1.807) is 13.0 Å². The zero-order chi connectivity index (χ0) is 12.5. The van der Waals surface area contributed by atoms with Crippen LogP contribution < -0.4 is 15.7 Å². The lowest BCUT2D eigenvalue weighted by Gasteiger charge is -2.11. The van der Waals surface area contributed by atoms with E-state index in [-0.39, 0.29) is 5.69 Å². The molecular weight excluding hydrogens is 234 g/mol. The molecule has 7 nitrogen and oxygen atoms in total. The predicted octanol–water partition coefficient (Wildman–Crippen LogP) is -0.143. The highest BCUT2D eigenvalue weighted by Gasteiger charge is 2.15. The summed E-state index contributed by atoms with van der Waals surface area (Å²) in [5, 5.41) is 9.65. The van der Waals surface area contributed by atoms with Crippen LogP contribution in [0.25, 0.3) is 5.65 Å². The van der Waals surface area contributed by atoms with Crippen molar-refractivity contribution in [3.63, 3.8) is 0 Å². The van der Waals surface area contributed by atoms with Gasteiger partial charge in [-0.15, -0.1) is 0 Å². The maximum atomic E-state index is 11.4. The fourth-order valence-corrected chi connectivity index (χ4v) is 2.23. The Bertz CT molecular complexity index is 611. The van der Waals surface area contributed by atoms with Gasteiger partial charge in [-0.1, -0.05) is 0 Å². The largest absolute Gasteiger partial charge is 0.476 e. The van der Waals surface area contributed by atoms with Crippen LogP contribution in [0.4, 0.5) is 0 Å². The highest BCUT2D eigenvalue weighted by molar-refractivity contribution is 5.40. The summed E-state index contributed by atoms with van der Waals surface area (Å²) in [6.07, 6.45) is 2.32. The number of ether oxygens (including phenoxy) is 1. The van der Waals surface area contributed by atoms with E-state index in [4.69, 9.17) is 4.74 Å². The second-order valence-electron chi connectivity index (χ2n) is 4.47. The van der Waals surface area contributed by atoms with Crippen LogP contribution in [-0.4, -0.2) is 38.8 Å².